The normalized spacial score (nSPS) is 10.5. The summed E-state index contributed by atoms with van der Waals surface area (Å²) >= 11 is 0. The molecule has 0 fully saturated rings. The highest BCUT2D eigenvalue weighted by molar-refractivity contribution is 5.69. The van der Waals surface area contributed by atoms with Gasteiger partial charge in [0.1, 0.15) is 0 Å². The standard InChI is InChI=1S/C19H24N2O2/c1-23-19(22)12-8-16-7-11-18(21-14-16)17-9-5-15(6-10-17)4-2-3-13-20/h5-7,9-11,14H,2-4,8,12-13,20H2,1H3. The zero-order valence-electron chi connectivity index (χ0n) is 13.6. The largest absolute Gasteiger partial charge is 0.469 e. The number of unbranched alkanes of at least 4 members (excludes halogenated alkanes) is 1. The van der Waals surface area contributed by atoms with E-state index >= 15 is 0 Å². The van der Waals surface area contributed by atoms with Crippen molar-refractivity contribution < 1.29 is 9.53 Å². The van der Waals surface area contributed by atoms with Gasteiger partial charge in [0.05, 0.1) is 12.8 Å². The van der Waals surface area contributed by atoms with Gasteiger partial charge >= 0.3 is 5.97 Å². The molecule has 1 heterocycles. The van der Waals surface area contributed by atoms with Gasteiger partial charge in [-0.15, -0.1) is 0 Å². The zero-order chi connectivity index (χ0) is 16.5. The van der Waals surface area contributed by atoms with Crippen LogP contribution in [-0.4, -0.2) is 24.6 Å². The maximum absolute atomic E-state index is 11.2. The monoisotopic (exact) mass is 312 g/mol. The summed E-state index contributed by atoms with van der Waals surface area (Å²) in [6, 6.07) is 12.5. The number of hydrogen-bond acceptors (Lipinski definition) is 4. The van der Waals surface area contributed by atoms with E-state index in [1.807, 2.05) is 18.3 Å². The van der Waals surface area contributed by atoms with Crippen molar-refractivity contribution in [3.05, 3.63) is 53.7 Å². The summed E-state index contributed by atoms with van der Waals surface area (Å²) in [5.74, 6) is -0.195. The Bertz CT molecular complexity index is 606. The number of rotatable bonds is 8. The van der Waals surface area contributed by atoms with Gasteiger partial charge in [0.2, 0.25) is 0 Å². The summed E-state index contributed by atoms with van der Waals surface area (Å²) in [7, 11) is 1.41. The lowest BCUT2D eigenvalue weighted by Crippen LogP contribution is -2.02. The second-order valence-corrected chi connectivity index (χ2v) is 5.57. The van der Waals surface area contributed by atoms with E-state index in [2.05, 4.69) is 34.0 Å². The smallest absolute Gasteiger partial charge is 0.305 e. The molecule has 0 aliphatic heterocycles. The number of nitrogens with zero attached hydrogens (tertiary/aromatic N) is 1. The second kappa shape index (κ2) is 9.06. The molecule has 2 N–H and O–H groups in total. The lowest BCUT2D eigenvalue weighted by Gasteiger charge is -2.05. The van der Waals surface area contributed by atoms with E-state index in [0.29, 0.717) is 12.8 Å². The average Bonchev–Trinajstić information content (AvgIpc) is 2.61. The Labute approximate surface area is 137 Å². The molecule has 4 nitrogen and oxygen atoms in total. The van der Waals surface area contributed by atoms with Gasteiger partial charge in [-0.3, -0.25) is 9.78 Å². The molecule has 0 spiro atoms. The van der Waals surface area contributed by atoms with Crippen LogP contribution in [0.1, 0.15) is 30.4 Å². The van der Waals surface area contributed by atoms with Gasteiger partial charge < -0.3 is 10.5 Å². The first-order valence-electron chi connectivity index (χ1n) is 8.04. The van der Waals surface area contributed by atoms with E-state index in [1.54, 1.807) is 0 Å². The number of carbonyl (C=O) groups is 1. The van der Waals surface area contributed by atoms with Crippen molar-refractivity contribution in [1.29, 1.82) is 0 Å². The number of ether oxygens (including phenoxy) is 1. The average molecular weight is 312 g/mol. The predicted molar refractivity (Wildman–Crippen MR) is 92.0 cm³/mol. The molecule has 0 bridgehead atoms. The Hall–Kier alpha value is -2.20. The third-order valence-electron chi connectivity index (χ3n) is 3.84. The Balaban J connectivity index is 1.94. The quantitative estimate of drug-likeness (QED) is 0.601. The Morgan fingerprint density at radius 1 is 1.04 bits per heavy atom. The minimum absolute atomic E-state index is 0.195. The summed E-state index contributed by atoms with van der Waals surface area (Å²) in [5.41, 5.74) is 9.94. The first-order chi connectivity index (χ1) is 11.2. The molecule has 1 aromatic carbocycles. The van der Waals surface area contributed by atoms with Gasteiger partial charge in [-0.05, 0) is 49.4 Å². The lowest BCUT2D eigenvalue weighted by atomic mass is 10.0. The van der Waals surface area contributed by atoms with Gasteiger partial charge in [-0.25, -0.2) is 0 Å². The predicted octanol–water partition coefficient (Wildman–Crippen LogP) is 3.14. The third kappa shape index (κ3) is 5.49. The van der Waals surface area contributed by atoms with Crippen LogP contribution in [0.5, 0.6) is 0 Å². The molecule has 2 aromatic rings. The maximum Gasteiger partial charge on any atom is 0.305 e. The van der Waals surface area contributed by atoms with Gasteiger partial charge in [0, 0.05) is 18.2 Å². The van der Waals surface area contributed by atoms with Crippen LogP contribution >= 0.6 is 0 Å². The maximum atomic E-state index is 11.2. The summed E-state index contributed by atoms with van der Waals surface area (Å²) in [6.07, 6.45) is 6.12. The minimum atomic E-state index is -0.195. The number of esters is 1. The van der Waals surface area contributed by atoms with Crippen molar-refractivity contribution in [2.24, 2.45) is 5.73 Å². The van der Waals surface area contributed by atoms with Gasteiger partial charge in [0.25, 0.3) is 0 Å². The van der Waals surface area contributed by atoms with E-state index < -0.39 is 0 Å². The topological polar surface area (TPSA) is 65.2 Å². The van der Waals surface area contributed by atoms with Crippen molar-refractivity contribution in [3.63, 3.8) is 0 Å². The molecule has 4 heteroatoms. The van der Waals surface area contributed by atoms with Crippen molar-refractivity contribution in [1.82, 2.24) is 4.98 Å². The molecule has 0 saturated heterocycles. The zero-order valence-corrected chi connectivity index (χ0v) is 13.6. The fourth-order valence-corrected chi connectivity index (χ4v) is 2.41. The molecular formula is C19H24N2O2. The van der Waals surface area contributed by atoms with Crippen LogP contribution in [-0.2, 0) is 22.4 Å². The molecule has 2 rings (SSSR count). The third-order valence-corrected chi connectivity index (χ3v) is 3.84. The van der Waals surface area contributed by atoms with Crippen molar-refractivity contribution in [2.45, 2.75) is 32.1 Å². The van der Waals surface area contributed by atoms with Crippen LogP contribution in [0.25, 0.3) is 11.3 Å². The van der Waals surface area contributed by atoms with Crippen molar-refractivity contribution in [2.75, 3.05) is 13.7 Å². The van der Waals surface area contributed by atoms with Crippen LogP contribution in [0.15, 0.2) is 42.6 Å². The first-order valence-corrected chi connectivity index (χ1v) is 8.04. The van der Waals surface area contributed by atoms with Crippen molar-refractivity contribution >= 4 is 5.97 Å². The first kappa shape index (κ1) is 17.2. The number of aromatic nitrogens is 1. The highest BCUT2D eigenvalue weighted by Gasteiger charge is 2.04. The molecule has 0 aliphatic carbocycles. The molecule has 0 saturated carbocycles. The highest BCUT2D eigenvalue weighted by atomic mass is 16.5. The van der Waals surface area contributed by atoms with Crippen LogP contribution < -0.4 is 5.73 Å². The molecule has 0 atom stereocenters. The Morgan fingerprint density at radius 2 is 1.78 bits per heavy atom. The molecule has 0 aliphatic rings. The van der Waals surface area contributed by atoms with Gasteiger partial charge in [-0.1, -0.05) is 30.3 Å². The van der Waals surface area contributed by atoms with E-state index in [-0.39, 0.29) is 5.97 Å². The molecule has 122 valence electrons. The summed E-state index contributed by atoms with van der Waals surface area (Å²) in [5, 5.41) is 0. The lowest BCUT2D eigenvalue weighted by molar-refractivity contribution is -0.140. The second-order valence-electron chi connectivity index (χ2n) is 5.57. The van der Waals surface area contributed by atoms with Gasteiger partial charge in [-0.2, -0.15) is 0 Å². The molecule has 0 amide bonds. The van der Waals surface area contributed by atoms with Crippen molar-refractivity contribution in [3.8, 4) is 11.3 Å². The molecular weight excluding hydrogens is 288 g/mol. The number of aryl methyl sites for hydroxylation is 2. The number of carbonyl (C=O) groups excluding carboxylic acids is 1. The Kier molecular flexibility index (Phi) is 6.76. The van der Waals surface area contributed by atoms with Crippen LogP contribution in [0.2, 0.25) is 0 Å². The Morgan fingerprint density at radius 3 is 2.39 bits per heavy atom. The fraction of sp³-hybridized carbons (Fsp3) is 0.368. The number of benzene rings is 1. The van der Waals surface area contributed by atoms with E-state index in [4.69, 9.17) is 5.73 Å². The summed E-state index contributed by atoms with van der Waals surface area (Å²) in [4.78, 5) is 15.6. The molecule has 0 radical (unpaired) electrons. The molecule has 0 unspecified atom stereocenters. The highest BCUT2D eigenvalue weighted by Crippen LogP contribution is 2.19. The van der Waals surface area contributed by atoms with Crippen LogP contribution in [0.4, 0.5) is 0 Å². The number of hydrogen-bond donors (Lipinski definition) is 1. The van der Waals surface area contributed by atoms with Crippen LogP contribution in [0.3, 0.4) is 0 Å². The number of pyridine rings is 1. The SMILES string of the molecule is COC(=O)CCc1ccc(-c2ccc(CCCCN)cc2)nc1. The summed E-state index contributed by atoms with van der Waals surface area (Å²) in [6.45, 7) is 0.754. The minimum Gasteiger partial charge on any atom is -0.469 e. The number of nitrogens with two attached hydrogens (primary N) is 1. The van der Waals surface area contributed by atoms with E-state index in [1.165, 1.54) is 12.7 Å². The number of methoxy groups -OCH3 is 1. The van der Waals surface area contributed by atoms with E-state index in [0.717, 1.165) is 42.6 Å². The molecule has 23 heavy (non-hydrogen) atoms. The fourth-order valence-electron chi connectivity index (χ4n) is 2.41. The van der Waals surface area contributed by atoms with Crippen LogP contribution in [0, 0.1) is 0 Å². The van der Waals surface area contributed by atoms with Gasteiger partial charge in [0.15, 0.2) is 0 Å². The molecule has 1 aromatic heterocycles. The van der Waals surface area contributed by atoms with E-state index in [9.17, 15) is 4.79 Å². The summed E-state index contributed by atoms with van der Waals surface area (Å²) < 4.78 is 4.64.